The first-order chi connectivity index (χ1) is 6.37. The summed E-state index contributed by atoms with van der Waals surface area (Å²) < 4.78 is 9.15. The lowest BCUT2D eigenvalue weighted by Gasteiger charge is -2.17. The van der Waals surface area contributed by atoms with E-state index in [0.717, 1.165) is 0 Å². The second-order valence-corrected chi connectivity index (χ2v) is 3.65. The zero-order valence-electron chi connectivity index (χ0n) is 8.99. The van der Waals surface area contributed by atoms with Gasteiger partial charge in [0.15, 0.2) is 0 Å². The summed E-state index contributed by atoms with van der Waals surface area (Å²) in [6, 6.07) is 0. The highest BCUT2D eigenvalue weighted by molar-refractivity contribution is 5.70. The Kier molecular flexibility index (Phi) is 4.91. The third kappa shape index (κ3) is 6.22. The molecular weight excluding hydrogens is 184 g/mol. The van der Waals surface area contributed by atoms with E-state index in [2.05, 4.69) is 9.47 Å². The van der Waals surface area contributed by atoms with Gasteiger partial charge in [-0.1, -0.05) is 13.8 Å². The fraction of sp³-hybridized carbons (Fsp3) is 0.600. The Labute approximate surface area is 83.9 Å². The van der Waals surface area contributed by atoms with Crippen LogP contribution in [-0.4, -0.2) is 19.0 Å². The molecule has 0 aromatic heterocycles. The van der Waals surface area contributed by atoms with Crippen LogP contribution in [0.2, 0.25) is 0 Å². The van der Waals surface area contributed by atoms with E-state index in [-0.39, 0.29) is 23.8 Å². The van der Waals surface area contributed by atoms with Gasteiger partial charge in [-0.15, -0.1) is 0 Å². The molecule has 0 spiro atoms. The monoisotopic (exact) mass is 200 g/mol. The number of ether oxygens (including phenoxy) is 2. The predicted octanol–water partition coefficient (Wildman–Crippen LogP) is 1.65. The number of hydrogen-bond acceptors (Lipinski definition) is 4. The first kappa shape index (κ1) is 12.7. The minimum atomic E-state index is -0.380. The van der Waals surface area contributed by atoms with E-state index in [0.29, 0.717) is 0 Å². The summed E-state index contributed by atoms with van der Waals surface area (Å²) in [5.41, 5.74) is -0.372. The summed E-state index contributed by atoms with van der Waals surface area (Å²) >= 11 is 0. The number of hydrogen-bond donors (Lipinski definition) is 0. The zero-order valence-corrected chi connectivity index (χ0v) is 8.99. The molecule has 0 atom stereocenters. The van der Waals surface area contributed by atoms with Gasteiger partial charge in [-0.2, -0.15) is 0 Å². The number of rotatable bonds is 4. The molecule has 0 aliphatic rings. The first-order valence-corrected chi connectivity index (χ1v) is 4.29. The van der Waals surface area contributed by atoms with Gasteiger partial charge in [0, 0.05) is 6.92 Å². The van der Waals surface area contributed by atoms with Crippen molar-refractivity contribution in [2.45, 2.75) is 27.2 Å². The van der Waals surface area contributed by atoms with Crippen molar-refractivity contribution in [3.05, 3.63) is 12.3 Å². The van der Waals surface area contributed by atoms with Crippen molar-refractivity contribution in [1.29, 1.82) is 0 Å². The van der Waals surface area contributed by atoms with Crippen molar-refractivity contribution < 1.29 is 19.1 Å². The Morgan fingerprint density at radius 1 is 1.36 bits per heavy atom. The Bertz CT molecular complexity index is 241. The molecule has 0 amide bonds. The molecule has 0 rings (SSSR count). The van der Waals surface area contributed by atoms with Gasteiger partial charge < -0.3 is 9.47 Å². The Hall–Kier alpha value is -1.32. The zero-order chi connectivity index (χ0) is 11.2. The Morgan fingerprint density at radius 2 is 1.93 bits per heavy atom. The van der Waals surface area contributed by atoms with E-state index in [4.69, 9.17) is 0 Å². The molecule has 4 nitrogen and oxygen atoms in total. The molecule has 0 fully saturated rings. The van der Waals surface area contributed by atoms with Crippen LogP contribution in [0, 0.1) is 5.41 Å². The van der Waals surface area contributed by atoms with E-state index in [1.807, 2.05) is 13.8 Å². The molecule has 0 saturated carbocycles. The molecule has 14 heavy (non-hydrogen) atoms. The van der Waals surface area contributed by atoms with Crippen LogP contribution in [-0.2, 0) is 19.1 Å². The van der Waals surface area contributed by atoms with Crippen molar-refractivity contribution in [1.82, 2.24) is 0 Å². The van der Waals surface area contributed by atoms with Crippen molar-refractivity contribution in [2.24, 2.45) is 5.41 Å². The van der Waals surface area contributed by atoms with Crippen LogP contribution < -0.4 is 0 Å². The van der Waals surface area contributed by atoms with E-state index >= 15 is 0 Å². The van der Waals surface area contributed by atoms with Crippen LogP contribution in [0.4, 0.5) is 0 Å². The van der Waals surface area contributed by atoms with Gasteiger partial charge in [0.1, 0.15) is 0 Å². The SMILES string of the molecule is COC(=O)CC(C)(C)/C=C/OC(C)=O. The standard InChI is InChI=1S/C10H16O4/c1-8(11)14-6-5-10(2,3)7-9(12)13-4/h5-6H,7H2,1-4H3/b6-5+. The molecular formula is C10H16O4. The maximum absolute atomic E-state index is 11.0. The summed E-state index contributed by atoms with van der Waals surface area (Å²) in [5, 5.41) is 0. The van der Waals surface area contributed by atoms with Gasteiger partial charge in [-0.25, -0.2) is 0 Å². The Balaban J connectivity index is 4.12. The van der Waals surface area contributed by atoms with Crippen molar-refractivity contribution in [3.63, 3.8) is 0 Å². The van der Waals surface area contributed by atoms with Crippen LogP contribution in [0.5, 0.6) is 0 Å². The molecule has 0 aliphatic heterocycles. The van der Waals surface area contributed by atoms with Crippen molar-refractivity contribution in [3.8, 4) is 0 Å². The van der Waals surface area contributed by atoms with Gasteiger partial charge in [0.05, 0.1) is 19.8 Å². The fourth-order valence-corrected chi connectivity index (χ4v) is 0.817. The number of allylic oxidation sites excluding steroid dienone is 1. The molecule has 0 aromatic carbocycles. The van der Waals surface area contributed by atoms with Crippen LogP contribution >= 0.6 is 0 Å². The van der Waals surface area contributed by atoms with E-state index in [9.17, 15) is 9.59 Å². The number of carbonyl (C=O) groups excluding carboxylic acids is 2. The molecule has 0 heterocycles. The first-order valence-electron chi connectivity index (χ1n) is 4.29. The Morgan fingerprint density at radius 3 is 2.36 bits per heavy atom. The van der Waals surface area contributed by atoms with Gasteiger partial charge in [-0.05, 0) is 11.5 Å². The predicted molar refractivity (Wildman–Crippen MR) is 51.3 cm³/mol. The van der Waals surface area contributed by atoms with Crippen LogP contribution in [0.15, 0.2) is 12.3 Å². The van der Waals surface area contributed by atoms with Crippen molar-refractivity contribution in [2.75, 3.05) is 7.11 Å². The molecule has 80 valence electrons. The van der Waals surface area contributed by atoms with Gasteiger partial charge >= 0.3 is 11.9 Å². The lowest BCUT2D eigenvalue weighted by molar-refractivity contribution is -0.142. The van der Waals surface area contributed by atoms with Crippen LogP contribution in [0.1, 0.15) is 27.2 Å². The van der Waals surface area contributed by atoms with E-state index < -0.39 is 0 Å². The minimum Gasteiger partial charge on any atom is -0.469 e. The summed E-state index contributed by atoms with van der Waals surface area (Å²) in [6.07, 6.45) is 3.21. The molecule has 0 radical (unpaired) electrons. The second-order valence-electron chi connectivity index (χ2n) is 3.65. The highest BCUT2D eigenvalue weighted by Gasteiger charge is 2.19. The fourth-order valence-electron chi connectivity index (χ4n) is 0.817. The lowest BCUT2D eigenvalue weighted by atomic mass is 9.90. The maximum Gasteiger partial charge on any atom is 0.307 e. The smallest absolute Gasteiger partial charge is 0.307 e. The second kappa shape index (κ2) is 5.42. The van der Waals surface area contributed by atoms with Gasteiger partial charge in [0.25, 0.3) is 0 Å². The summed E-state index contributed by atoms with van der Waals surface area (Å²) in [7, 11) is 1.34. The topological polar surface area (TPSA) is 52.6 Å². The average Bonchev–Trinajstić information content (AvgIpc) is 2.02. The lowest BCUT2D eigenvalue weighted by Crippen LogP contribution is -2.15. The highest BCUT2D eigenvalue weighted by Crippen LogP contribution is 2.22. The quantitative estimate of drug-likeness (QED) is 0.511. The largest absolute Gasteiger partial charge is 0.469 e. The van der Waals surface area contributed by atoms with Crippen LogP contribution in [0.25, 0.3) is 0 Å². The third-order valence-electron chi connectivity index (χ3n) is 1.58. The van der Waals surface area contributed by atoms with Gasteiger partial charge in [-0.3, -0.25) is 9.59 Å². The average molecular weight is 200 g/mol. The third-order valence-corrected chi connectivity index (χ3v) is 1.58. The van der Waals surface area contributed by atoms with E-state index in [1.165, 1.54) is 20.3 Å². The van der Waals surface area contributed by atoms with Crippen molar-refractivity contribution >= 4 is 11.9 Å². The molecule has 0 N–H and O–H groups in total. The van der Waals surface area contributed by atoms with Crippen LogP contribution in [0.3, 0.4) is 0 Å². The highest BCUT2D eigenvalue weighted by atomic mass is 16.5. The van der Waals surface area contributed by atoms with Gasteiger partial charge in [0.2, 0.25) is 0 Å². The molecule has 0 aliphatic carbocycles. The summed E-state index contributed by atoms with van der Waals surface area (Å²) in [4.78, 5) is 21.4. The number of methoxy groups -OCH3 is 1. The number of esters is 2. The van der Waals surface area contributed by atoms with E-state index in [1.54, 1.807) is 6.08 Å². The summed E-state index contributed by atoms with van der Waals surface area (Å²) in [6.45, 7) is 5.02. The minimum absolute atomic E-state index is 0.251. The summed E-state index contributed by atoms with van der Waals surface area (Å²) in [5.74, 6) is -0.669. The normalized spacial score (nSPS) is 11.4. The molecule has 0 unspecified atom stereocenters. The molecule has 0 bridgehead atoms. The number of carbonyl (C=O) groups is 2. The maximum atomic E-state index is 11.0. The molecule has 0 saturated heterocycles. The molecule has 4 heteroatoms. The molecule has 0 aromatic rings.